The zero-order valence-electron chi connectivity index (χ0n) is 16.4. The summed E-state index contributed by atoms with van der Waals surface area (Å²) in [7, 11) is -5.34. The molecule has 2 aliphatic heterocycles. The molecule has 10 atom stereocenters. The van der Waals surface area contributed by atoms with Crippen molar-refractivity contribution in [3.63, 3.8) is 0 Å². The van der Waals surface area contributed by atoms with Gasteiger partial charge in [-0.05, 0) is 6.92 Å². The van der Waals surface area contributed by atoms with Crippen LogP contribution in [0.5, 0.6) is 0 Å². The second kappa shape index (κ2) is 11.9. The van der Waals surface area contributed by atoms with Gasteiger partial charge in [-0.15, -0.1) is 6.58 Å². The molecule has 2 rings (SSSR count). The number of hydrogen-bond acceptors (Lipinski definition) is 13. The van der Waals surface area contributed by atoms with E-state index in [2.05, 4.69) is 10.8 Å². The van der Waals surface area contributed by atoms with E-state index in [1.54, 1.807) is 0 Å². The molecule has 0 aliphatic carbocycles. The fourth-order valence-electron chi connectivity index (χ4n) is 3.03. The molecule has 0 bridgehead atoms. The molecule has 0 spiro atoms. The molecule has 0 aromatic carbocycles. The molecule has 0 saturated carbocycles. The van der Waals surface area contributed by atoms with Crippen LogP contribution in [0.2, 0.25) is 0 Å². The Bertz CT molecular complexity index is 648. The van der Waals surface area contributed by atoms with Crippen molar-refractivity contribution in [3.8, 4) is 0 Å². The molecule has 2 aliphatic rings. The number of ether oxygens (including phenoxy) is 4. The van der Waals surface area contributed by atoms with Gasteiger partial charge in [0.1, 0.15) is 42.7 Å². The Morgan fingerprint density at radius 2 is 1.63 bits per heavy atom. The average Bonchev–Trinajstić information content (AvgIpc) is 2.65. The largest absolute Gasteiger partial charge is 1.00 e. The van der Waals surface area contributed by atoms with Crippen LogP contribution < -0.4 is 29.6 Å². The zero-order valence-corrected chi connectivity index (χ0v) is 19.2. The van der Waals surface area contributed by atoms with Crippen molar-refractivity contribution in [2.75, 3.05) is 13.2 Å². The number of aliphatic hydroxyl groups is 5. The van der Waals surface area contributed by atoms with E-state index in [4.69, 9.17) is 18.9 Å². The third-order valence-electron chi connectivity index (χ3n) is 4.50. The Morgan fingerprint density at radius 3 is 2.17 bits per heavy atom. The molecule has 0 radical (unpaired) electrons. The summed E-state index contributed by atoms with van der Waals surface area (Å²) >= 11 is 0. The topological polar surface area (TPSA) is 204 Å². The average molecular weight is 468 g/mol. The Morgan fingerprint density at radius 1 is 1.03 bits per heavy atom. The van der Waals surface area contributed by atoms with Crippen LogP contribution in [0.25, 0.3) is 0 Å². The molecule has 2 fully saturated rings. The van der Waals surface area contributed by atoms with Crippen LogP contribution in [0.4, 0.5) is 0 Å². The number of hydrogen-bond donors (Lipinski definition) is 5. The molecule has 0 aromatic rings. The predicted octanol–water partition coefficient (Wildman–Crippen LogP) is -6.67. The molecule has 13 nitrogen and oxygen atoms in total. The molecule has 2 saturated heterocycles. The minimum atomic E-state index is -5.34. The Kier molecular flexibility index (Phi) is 11.2. The normalized spacial score (nSPS) is 42.4. The molecule has 170 valence electrons. The smallest absolute Gasteiger partial charge is 0.726 e. The molecule has 0 amide bonds. The molecular weight excluding hydrogens is 443 g/mol. The van der Waals surface area contributed by atoms with Crippen molar-refractivity contribution >= 4 is 10.4 Å². The quantitative estimate of drug-likeness (QED) is 0.0974. The van der Waals surface area contributed by atoms with Crippen LogP contribution in [-0.2, 0) is 33.5 Å². The standard InChI is InChI=1S/C15H26O13S.Na/c1-3-4-24-14-10(19)12(8(17)6(2)25-14)27-15-11(20)13(28-29(21,22)23)9(18)7(5-16)26-15;/h3,6-20H,1,4-5H2,2H3,(H,21,22,23);/q;+1/p-1/t6-,7+,8+,9+,10-,11+,12+,13-,14+,15-;/m0./s1. The van der Waals surface area contributed by atoms with Crippen molar-refractivity contribution in [3.05, 3.63) is 12.7 Å². The fraction of sp³-hybridized carbons (Fsp3) is 0.867. The SMILES string of the molecule is C=CCO[C@@H]1O[C@@H](C)[C@@H](O)[C@@H](O[C@@H]2O[C@H](CO)[C@@H](O)[C@H](OS(=O)(=O)[O-])[C@H]2O)[C@@H]1O.[Na+]. The Labute approximate surface area is 195 Å². The second-order valence-corrected chi connectivity index (χ2v) is 7.60. The summed E-state index contributed by atoms with van der Waals surface area (Å²) in [5, 5.41) is 50.3. The van der Waals surface area contributed by atoms with Gasteiger partial charge in [0.05, 0.1) is 19.3 Å². The third kappa shape index (κ3) is 6.87. The van der Waals surface area contributed by atoms with Gasteiger partial charge < -0.3 is 49.0 Å². The molecule has 30 heavy (non-hydrogen) atoms. The van der Waals surface area contributed by atoms with Crippen molar-refractivity contribution in [1.82, 2.24) is 0 Å². The van der Waals surface area contributed by atoms with Gasteiger partial charge >= 0.3 is 29.6 Å². The monoisotopic (exact) mass is 468 g/mol. The summed E-state index contributed by atoms with van der Waals surface area (Å²) in [5.41, 5.74) is 0. The third-order valence-corrected chi connectivity index (χ3v) is 4.96. The fourth-order valence-corrected chi connectivity index (χ4v) is 3.53. The first-order valence-electron chi connectivity index (χ1n) is 8.66. The van der Waals surface area contributed by atoms with Gasteiger partial charge in [0.25, 0.3) is 0 Å². The number of rotatable bonds is 8. The van der Waals surface area contributed by atoms with E-state index in [0.29, 0.717) is 0 Å². The maximum absolute atomic E-state index is 10.9. The summed E-state index contributed by atoms with van der Waals surface area (Å²) in [6.45, 7) is 4.09. The molecule has 5 N–H and O–H groups in total. The van der Waals surface area contributed by atoms with E-state index >= 15 is 0 Å². The van der Waals surface area contributed by atoms with E-state index in [9.17, 15) is 38.5 Å². The van der Waals surface area contributed by atoms with Crippen molar-refractivity contribution in [2.45, 2.75) is 68.3 Å². The van der Waals surface area contributed by atoms with Crippen molar-refractivity contribution < 1.29 is 91.2 Å². The van der Waals surface area contributed by atoms with Gasteiger partial charge in [0.15, 0.2) is 12.6 Å². The van der Waals surface area contributed by atoms with Crippen LogP contribution in [0.3, 0.4) is 0 Å². The van der Waals surface area contributed by atoms with E-state index in [1.807, 2.05) is 0 Å². The summed E-state index contributed by atoms with van der Waals surface area (Å²) < 4.78 is 58.1. The Hall–Kier alpha value is 0.250. The first kappa shape index (κ1) is 28.3. The van der Waals surface area contributed by atoms with E-state index < -0.39 is 78.4 Å². The second-order valence-electron chi connectivity index (χ2n) is 6.59. The molecule has 0 unspecified atom stereocenters. The maximum Gasteiger partial charge on any atom is 1.00 e. The Balaban J connectivity index is 0.00000450. The van der Waals surface area contributed by atoms with Crippen molar-refractivity contribution in [1.29, 1.82) is 0 Å². The zero-order chi connectivity index (χ0) is 21.9. The van der Waals surface area contributed by atoms with Gasteiger partial charge in [-0.2, -0.15) is 0 Å². The van der Waals surface area contributed by atoms with Crippen LogP contribution in [0.15, 0.2) is 12.7 Å². The first-order valence-corrected chi connectivity index (χ1v) is 9.99. The van der Waals surface area contributed by atoms with Gasteiger partial charge in [0, 0.05) is 0 Å². The molecule has 2 heterocycles. The van der Waals surface area contributed by atoms with Crippen LogP contribution in [0, 0.1) is 0 Å². The maximum atomic E-state index is 10.9. The van der Waals surface area contributed by atoms with Crippen LogP contribution >= 0.6 is 0 Å². The van der Waals surface area contributed by atoms with E-state index in [1.165, 1.54) is 13.0 Å². The summed E-state index contributed by atoms with van der Waals surface area (Å²) in [4.78, 5) is 0. The predicted molar refractivity (Wildman–Crippen MR) is 89.7 cm³/mol. The number of aliphatic hydroxyl groups excluding tert-OH is 5. The van der Waals surface area contributed by atoms with Gasteiger partial charge in [0.2, 0.25) is 10.4 Å². The van der Waals surface area contributed by atoms with Crippen LogP contribution in [0.1, 0.15) is 6.92 Å². The van der Waals surface area contributed by atoms with Gasteiger partial charge in [-0.3, -0.25) is 4.18 Å². The minimum Gasteiger partial charge on any atom is -0.726 e. The molecule has 15 heteroatoms. The summed E-state index contributed by atoms with van der Waals surface area (Å²) in [6, 6.07) is 0. The van der Waals surface area contributed by atoms with E-state index in [-0.39, 0.29) is 36.2 Å². The summed E-state index contributed by atoms with van der Waals surface area (Å²) in [6.07, 6.45) is -14.4. The van der Waals surface area contributed by atoms with E-state index in [0.717, 1.165) is 0 Å². The van der Waals surface area contributed by atoms with Gasteiger partial charge in [-0.25, -0.2) is 8.42 Å². The van der Waals surface area contributed by atoms with Crippen LogP contribution in [-0.4, -0.2) is 113 Å². The molecular formula is C15H25NaO13S. The molecule has 0 aromatic heterocycles. The minimum absolute atomic E-state index is 0. The van der Waals surface area contributed by atoms with Gasteiger partial charge in [-0.1, -0.05) is 6.08 Å². The summed E-state index contributed by atoms with van der Waals surface area (Å²) in [5.74, 6) is 0. The first-order chi connectivity index (χ1) is 13.5. The van der Waals surface area contributed by atoms with Crippen molar-refractivity contribution in [2.24, 2.45) is 0 Å².